The monoisotopic (exact) mass is 857 g/mol. The summed E-state index contributed by atoms with van der Waals surface area (Å²) in [6.45, 7) is 0. The van der Waals surface area contributed by atoms with E-state index in [4.69, 9.17) is 0 Å². The molecule has 0 bridgehead atoms. The summed E-state index contributed by atoms with van der Waals surface area (Å²) >= 11 is 0. The van der Waals surface area contributed by atoms with Gasteiger partial charge in [0, 0.05) is 105 Å². The molecule has 0 aliphatic carbocycles. The lowest BCUT2D eigenvalue weighted by atomic mass is 9.97. The van der Waals surface area contributed by atoms with Gasteiger partial charge in [-0.2, -0.15) is 5.26 Å². The zero-order valence-corrected chi connectivity index (χ0v) is 34.4. The fraction of sp³-hybridized carbons (Fsp3) is 0. The van der Waals surface area contributed by atoms with Crippen molar-refractivity contribution in [1.82, 2.24) is 49.0 Å². The average Bonchev–Trinajstić information content (AvgIpc) is 3.87. The van der Waals surface area contributed by atoms with Gasteiger partial charge in [0.1, 0.15) is 11.6 Å². The molecular formula is C53H29F2N11. The minimum absolute atomic E-state index is 0.191. The number of nitriles is 1. The van der Waals surface area contributed by atoms with E-state index < -0.39 is 11.6 Å². The molecule has 0 fully saturated rings. The van der Waals surface area contributed by atoms with Gasteiger partial charge in [-0.25, -0.2) is 48.7 Å². The lowest BCUT2D eigenvalue weighted by molar-refractivity contribution is 0.584. The molecule has 12 aromatic rings. The number of benzene rings is 6. The van der Waals surface area contributed by atoms with Crippen LogP contribution in [0.5, 0.6) is 0 Å². The highest BCUT2D eigenvalue weighted by Gasteiger charge is 2.25. The first-order chi connectivity index (χ1) is 32.5. The second-order valence-corrected chi connectivity index (χ2v) is 15.5. The first-order valence-electron chi connectivity index (χ1n) is 20.8. The third kappa shape index (κ3) is 6.39. The largest absolute Gasteiger partial charge is 0.307 e. The van der Waals surface area contributed by atoms with Crippen LogP contribution >= 0.6 is 0 Å². The van der Waals surface area contributed by atoms with Gasteiger partial charge >= 0.3 is 0 Å². The first kappa shape index (κ1) is 38.3. The maximum atomic E-state index is 15.2. The fourth-order valence-corrected chi connectivity index (χ4v) is 8.88. The van der Waals surface area contributed by atoms with Gasteiger partial charge < -0.3 is 9.13 Å². The predicted molar refractivity (Wildman–Crippen MR) is 249 cm³/mol. The molecular weight excluding hydrogens is 829 g/mol. The lowest BCUT2D eigenvalue weighted by Crippen LogP contribution is -2.06. The molecule has 0 radical (unpaired) electrons. The van der Waals surface area contributed by atoms with Crippen LogP contribution in [0.2, 0.25) is 0 Å². The molecule has 13 heteroatoms. The van der Waals surface area contributed by atoms with Gasteiger partial charge in [-0.15, -0.1) is 0 Å². The summed E-state index contributed by atoms with van der Waals surface area (Å²) in [6.07, 6.45) is 13.6. The molecule has 11 nitrogen and oxygen atoms in total. The number of fused-ring (bicyclic) bond motifs is 6. The summed E-state index contributed by atoms with van der Waals surface area (Å²) in [7, 11) is 0. The summed E-state index contributed by atoms with van der Waals surface area (Å²) in [4.78, 5) is 36.7. The molecule has 6 aromatic heterocycles. The van der Waals surface area contributed by atoms with Gasteiger partial charge in [-0.3, -0.25) is 0 Å². The summed E-state index contributed by atoms with van der Waals surface area (Å²) < 4.78 is 34.6. The lowest BCUT2D eigenvalue weighted by Gasteiger charge is -2.20. The first-order valence-corrected chi connectivity index (χ1v) is 20.8. The Kier molecular flexibility index (Phi) is 8.95. The van der Waals surface area contributed by atoms with E-state index >= 15 is 8.78 Å². The van der Waals surface area contributed by atoms with E-state index in [-0.39, 0.29) is 11.1 Å². The number of nitrogens with zero attached hydrogens (tertiary/aromatic N) is 11. The Morgan fingerprint density at radius 1 is 0.364 bits per heavy atom. The van der Waals surface area contributed by atoms with Crippen LogP contribution in [0.1, 0.15) is 5.56 Å². The highest BCUT2D eigenvalue weighted by Crippen LogP contribution is 2.43. The molecule has 0 amide bonds. The van der Waals surface area contributed by atoms with Crippen molar-refractivity contribution in [3.8, 4) is 74.1 Å². The van der Waals surface area contributed by atoms with Crippen LogP contribution in [0.4, 0.5) is 8.78 Å². The van der Waals surface area contributed by atoms with Crippen molar-refractivity contribution in [1.29, 1.82) is 5.26 Å². The quantitative estimate of drug-likeness (QED) is 0.153. The van der Waals surface area contributed by atoms with Gasteiger partial charge in [0.25, 0.3) is 0 Å². The fourth-order valence-electron chi connectivity index (χ4n) is 8.88. The Balaban J connectivity index is 1.26. The molecule has 0 aliphatic rings. The summed E-state index contributed by atoms with van der Waals surface area (Å²) in [5.41, 5.74) is 8.08. The van der Waals surface area contributed by atoms with E-state index in [0.29, 0.717) is 40.2 Å². The predicted octanol–water partition coefficient (Wildman–Crippen LogP) is 11.5. The Labute approximate surface area is 373 Å². The molecule has 0 unspecified atom stereocenters. The summed E-state index contributed by atoms with van der Waals surface area (Å²) in [6, 6.07) is 40.7. The molecule has 0 spiro atoms. The highest BCUT2D eigenvalue weighted by atomic mass is 19.1. The van der Waals surface area contributed by atoms with Crippen LogP contribution in [0.3, 0.4) is 0 Å². The van der Waals surface area contributed by atoms with Crippen molar-refractivity contribution in [3.05, 3.63) is 194 Å². The number of hydrogen-bond acceptors (Lipinski definition) is 9. The van der Waals surface area contributed by atoms with Crippen LogP contribution in [0.15, 0.2) is 177 Å². The van der Waals surface area contributed by atoms with Crippen LogP contribution in [-0.4, -0.2) is 49.0 Å². The molecule has 12 rings (SSSR count). The molecule has 0 N–H and O–H groups in total. The van der Waals surface area contributed by atoms with Crippen LogP contribution in [0.25, 0.3) is 112 Å². The summed E-state index contributed by atoms with van der Waals surface area (Å²) in [5.74, 6) is 0.572. The van der Waals surface area contributed by atoms with Crippen molar-refractivity contribution in [2.75, 3.05) is 0 Å². The van der Waals surface area contributed by atoms with Gasteiger partial charge in [0.15, 0.2) is 23.3 Å². The Hall–Kier alpha value is -9.41. The summed E-state index contributed by atoms with van der Waals surface area (Å²) in [5, 5.41) is 14.7. The van der Waals surface area contributed by atoms with E-state index in [1.165, 1.54) is 12.1 Å². The molecule has 0 aliphatic heterocycles. The minimum Gasteiger partial charge on any atom is -0.307 e. The van der Waals surface area contributed by atoms with Gasteiger partial charge in [-0.1, -0.05) is 48.5 Å². The van der Waals surface area contributed by atoms with Crippen LogP contribution in [-0.2, 0) is 0 Å². The minimum atomic E-state index is -0.773. The molecule has 6 heterocycles. The van der Waals surface area contributed by atoms with Crippen LogP contribution in [0, 0.1) is 23.0 Å². The Morgan fingerprint density at radius 2 is 0.682 bits per heavy atom. The molecule has 0 saturated heterocycles. The average molecular weight is 858 g/mol. The van der Waals surface area contributed by atoms with Gasteiger partial charge in [-0.05, 0) is 78.4 Å². The molecule has 310 valence electrons. The molecule has 66 heavy (non-hydrogen) atoms. The zero-order valence-electron chi connectivity index (χ0n) is 34.4. The van der Waals surface area contributed by atoms with Crippen molar-refractivity contribution in [3.63, 3.8) is 0 Å². The van der Waals surface area contributed by atoms with Crippen molar-refractivity contribution in [2.45, 2.75) is 0 Å². The number of aromatic nitrogens is 10. The number of hydrogen-bond donors (Lipinski definition) is 0. The standard InChI is InChI=1S/C53H29F2N11/c54-37-21-35(22-38(55)28-37)43-29-49(66-46-25-33(52-61-17-3-18-62-52)7-11-41(46)42-12-8-34(26-47(42)66)53-63-19-4-20-64-53)48(27-36(43)30-56)65-44-23-31(50-57-13-1-14-58-50)5-9-39(44)40-10-6-32(24-45(40)65)51-59-15-2-16-60-51/h1-29H. The highest BCUT2D eigenvalue weighted by molar-refractivity contribution is 6.13. The molecule has 6 aromatic carbocycles. The second kappa shape index (κ2) is 15.4. The van der Waals surface area contributed by atoms with E-state index in [1.807, 2.05) is 78.9 Å². The number of halogens is 2. The topological polar surface area (TPSA) is 137 Å². The Bertz CT molecular complexity index is 3690. The SMILES string of the molecule is N#Cc1cc(-n2c3cc(-c4ncccn4)ccc3c3ccc(-c4ncccn4)cc32)c(-n2c3cc(-c4ncccn4)ccc3c3ccc(-c4ncccn4)cc32)cc1-c1cc(F)cc(F)c1. The maximum Gasteiger partial charge on any atom is 0.159 e. The molecule has 0 saturated carbocycles. The van der Waals surface area contributed by atoms with E-state index in [2.05, 4.69) is 55.1 Å². The van der Waals surface area contributed by atoms with Crippen LogP contribution < -0.4 is 0 Å². The van der Waals surface area contributed by atoms with Crippen molar-refractivity contribution >= 4 is 43.6 Å². The van der Waals surface area contributed by atoms with Gasteiger partial charge in [0.05, 0.1) is 45.1 Å². The van der Waals surface area contributed by atoms with E-state index in [0.717, 1.165) is 71.9 Å². The van der Waals surface area contributed by atoms with Gasteiger partial charge in [0.2, 0.25) is 0 Å². The normalized spacial score (nSPS) is 11.5. The van der Waals surface area contributed by atoms with Crippen molar-refractivity contribution in [2.24, 2.45) is 0 Å². The second-order valence-electron chi connectivity index (χ2n) is 15.5. The molecule has 0 atom stereocenters. The Morgan fingerprint density at radius 3 is 1.00 bits per heavy atom. The third-order valence-corrected chi connectivity index (χ3v) is 11.7. The number of rotatable bonds is 7. The third-order valence-electron chi connectivity index (χ3n) is 11.7. The smallest absolute Gasteiger partial charge is 0.159 e. The van der Waals surface area contributed by atoms with E-state index in [9.17, 15) is 5.26 Å². The van der Waals surface area contributed by atoms with E-state index in [1.54, 1.807) is 79.9 Å². The maximum absolute atomic E-state index is 15.2. The van der Waals surface area contributed by atoms with Crippen molar-refractivity contribution < 1.29 is 8.78 Å². The zero-order chi connectivity index (χ0) is 44.3.